The molecule has 0 spiro atoms. The van der Waals surface area contributed by atoms with Crippen LogP contribution in [0.25, 0.3) is 0 Å². The Morgan fingerprint density at radius 3 is 2.68 bits per heavy atom. The molecular weight excluding hydrogens is 298 g/mol. The largest absolute Gasteiger partial charge is 0.496 e. The number of halogens is 1. The van der Waals surface area contributed by atoms with Gasteiger partial charge in [-0.3, -0.25) is 0 Å². The second-order valence-corrected chi connectivity index (χ2v) is 5.82. The Bertz CT molecular complexity index is 655. The van der Waals surface area contributed by atoms with Crippen LogP contribution in [0, 0.1) is 0 Å². The number of benzene rings is 2. The number of methoxy groups -OCH3 is 1. The van der Waals surface area contributed by atoms with Crippen LogP contribution in [0.5, 0.6) is 11.5 Å². The highest BCUT2D eigenvalue weighted by Crippen LogP contribution is 2.38. The van der Waals surface area contributed by atoms with Crippen molar-refractivity contribution in [3.05, 3.63) is 52.5 Å². The molecule has 1 heterocycles. The van der Waals surface area contributed by atoms with Gasteiger partial charge in [-0.15, -0.1) is 0 Å². The van der Waals surface area contributed by atoms with Gasteiger partial charge in [0.2, 0.25) is 0 Å². The molecule has 0 bridgehead atoms. The van der Waals surface area contributed by atoms with E-state index in [1.807, 2.05) is 12.1 Å². The van der Waals surface area contributed by atoms with E-state index in [-0.39, 0.29) is 0 Å². The Balaban J connectivity index is 1.91. The standard InChI is InChI=1S/C18H20ClNO2/c1-3-14-10-18-16(11-17(14)21-2)20(8-9-22-18)12-13-4-6-15(19)7-5-13/h4-7,10-11H,3,8-9,12H2,1-2H3. The zero-order chi connectivity index (χ0) is 15.5. The average molecular weight is 318 g/mol. The lowest BCUT2D eigenvalue weighted by Crippen LogP contribution is -2.32. The molecule has 0 N–H and O–H groups in total. The van der Waals surface area contributed by atoms with Crippen molar-refractivity contribution >= 4 is 17.3 Å². The van der Waals surface area contributed by atoms with Crippen molar-refractivity contribution in [2.24, 2.45) is 0 Å². The minimum absolute atomic E-state index is 0.704. The van der Waals surface area contributed by atoms with Crippen molar-refractivity contribution in [2.45, 2.75) is 19.9 Å². The Morgan fingerprint density at radius 2 is 2.00 bits per heavy atom. The summed E-state index contributed by atoms with van der Waals surface area (Å²) >= 11 is 5.96. The lowest BCUT2D eigenvalue weighted by atomic mass is 10.1. The molecule has 4 heteroatoms. The fourth-order valence-electron chi connectivity index (χ4n) is 2.78. The van der Waals surface area contributed by atoms with E-state index >= 15 is 0 Å². The zero-order valence-corrected chi connectivity index (χ0v) is 13.7. The second kappa shape index (κ2) is 6.49. The molecule has 0 aliphatic carbocycles. The maximum Gasteiger partial charge on any atom is 0.143 e. The smallest absolute Gasteiger partial charge is 0.143 e. The topological polar surface area (TPSA) is 21.7 Å². The van der Waals surface area contributed by atoms with Crippen LogP contribution in [-0.4, -0.2) is 20.3 Å². The van der Waals surface area contributed by atoms with Crippen LogP contribution in [0.2, 0.25) is 5.02 Å². The highest BCUT2D eigenvalue weighted by molar-refractivity contribution is 6.30. The fourth-order valence-corrected chi connectivity index (χ4v) is 2.91. The first-order valence-corrected chi connectivity index (χ1v) is 7.92. The molecule has 0 unspecified atom stereocenters. The number of hydrogen-bond acceptors (Lipinski definition) is 3. The Hall–Kier alpha value is -1.87. The third kappa shape index (κ3) is 3.00. The number of hydrogen-bond donors (Lipinski definition) is 0. The van der Waals surface area contributed by atoms with Crippen LogP contribution >= 0.6 is 11.6 Å². The van der Waals surface area contributed by atoms with E-state index in [2.05, 4.69) is 36.1 Å². The van der Waals surface area contributed by atoms with E-state index in [1.165, 1.54) is 11.1 Å². The highest BCUT2D eigenvalue weighted by atomic mass is 35.5. The molecule has 2 aromatic rings. The normalized spacial score (nSPS) is 13.5. The van der Waals surface area contributed by atoms with E-state index in [4.69, 9.17) is 21.1 Å². The van der Waals surface area contributed by atoms with Crippen LogP contribution < -0.4 is 14.4 Å². The van der Waals surface area contributed by atoms with Gasteiger partial charge in [0.05, 0.1) is 19.3 Å². The van der Waals surface area contributed by atoms with Crippen molar-refractivity contribution in [3.8, 4) is 11.5 Å². The minimum Gasteiger partial charge on any atom is -0.496 e. The maximum atomic E-state index is 5.96. The molecule has 0 atom stereocenters. The molecular formula is C18H20ClNO2. The van der Waals surface area contributed by atoms with Gasteiger partial charge in [0.15, 0.2) is 0 Å². The summed E-state index contributed by atoms with van der Waals surface area (Å²) < 4.78 is 11.4. The predicted molar refractivity (Wildman–Crippen MR) is 90.4 cm³/mol. The third-order valence-corrected chi connectivity index (χ3v) is 4.24. The number of nitrogens with zero attached hydrogens (tertiary/aromatic N) is 1. The van der Waals surface area contributed by atoms with Crippen molar-refractivity contribution in [1.29, 1.82) is 0 Å². The number of rotatable bonds is 4. The molecule has 0 fully saturated rings. The molecule has 22 heavy (non-hydrogen) atoms. The van der Waals surface area contributed by atoms with Gasteiger partial charge < -0.3 is 14.4 Å². The van der Waals surface area contributed by atoms with Crippen LogP contribution in [0.4, 0.5) is 5.69 Å². The molecule has 1 aliphatic rings. The van der Waals surface area contributed by atoms with E-state index in [0.29, 0.717) is 6.61 Å². The van der Waals surface area contributed by atoms with Crippen molar-refractivity contribution < 1.29 is 9.47 Å². The van der Waals surface area contributed by atoms with Gasteiger partial charge in [0.1, 0.15) is 18.1 Å². The predicted octanol–water partition coefficient (Wildman–Crippen LogP) is 4.31. The van der Waals surface area contributed by atoms with Crippen LogP contribution in [0.3, 0.4) is 0 Å². The van der Waals surface area contributed by atoms with Gasteiger partial charge in [0.25, 0.3) is 0 Å². The molecule has 3 nitrogen and oxygen atoms in total. The zero-order valence-electron chi connectivity index (χ0n) is 12.9. The molecule has 0 saturated carbocycles. The van der Waals surface area contributed by atoms with Crippen molar-refractivity contribution in [3.63, 3.8) is 0 Å². The summed E-state index contributed by atoms with van der Waals surface area (Å²) in [7, 11) is 1.72. The van der Waals surface area contributed by atoms with Crippen LogP contribution in [0.15, 0.2) is 36.4 Å². The Labute approximate surface area is 136 Å². The number of anilines is 1. The lowest BCUT2D eigenvalue weighted by Gasteiger charge is -2.32. The van der Waals surface area contributed by atoms with E-state index in [1.54, 1.807) is 7.11 Å². The quantitative estimate of drug-likeness (QED) is 0.838. The molecule has 3 rings (SSSR count). The number of fused-ring (bicyclic) bond motifs is 1. The first kappa shape index (κ1) is 15.0. The highest BCUT2D eigenvalue weighted by Gasteiger charge is 2.21. The summed E-state index contributed by atoms with van der Waals surface area (Å²) in [5.41, 5.74) is 3.50. The summed E-state index contributed by atoms with van der Waals surface area (Å²) in [6, 6.07) is 12.2. The molecule has 0 saturated heterocycles. The van der Waals surface area contributed by atoms with Crippen molar-refractivity contribution in [1.82, 2.24) is 0 Å². The third-order valence-electron chi connectivity index (χ3n) is 3.99. The van der Waals surface area contributed by atoms with Gasteiger partial charge in [-0.1, -0.05) is 30.7 Å². The monoisotopic (exact) mass is 317 g/mol. The molecule has 1 aliphatic heterocycles. The van der Waals surface area contributed by atoms with Gasteiger partial charge in [-0.05, 0) is 35.7 Å². The first-order valence-electron chi connectivity index (χ1n) is 7.54. The van der Waals surface area contributed by atoms with E-state index in [0.717, 1.165) is 41.7 Å². The minimum atomic E-state index is 0.704. The Kier molecular flexibility index (Phi) is 4.44. The molecule has 2 aromatic carbocycles. The fraction of sp³-hybridized carbons (Fsp3) is 0.333. The van der Waals surface area contributed by atoms with E-state index in [9.17, 15) is 0 Å². The first-order chi connectivity index (χ1) is 10.7. The number of aryl methyl sites for hydroxylation is 1. The van der Waals surface area contributed by atoms with Gasteiger partial charge >= 0.3 is 0 Å². The summed E-state index contributed by atoms with van der Waals surface area (Å²) in [6.45, 7) is 4.53. The summed E-state index contributed by atoms with van der Waals surface area (Å²) in [6.07, 6.45) is 0.928. The molecule has 116 valence electrons. The molecule has 0 amide bonds. The SMILES string of the molecule is CCc1cc2c(cc1OC)N(Cc1ccc(Cl)cc1)CCO2. The maximum absolute atomic E-state index is 5.96. The molecule has 0 radical (unpaired) electrons. The van der Waals surface area contributed by atoms with Gasteiger partial charge in [0, 0.05) is 17.6 Å². The van der Waals surface area contributed by atoms with Gasteiger partial charge in [-0.25, -0.2) is 0 Å². The van der Waals surface area contributed by atoms with Crippen LogP contribution in [0.1, 0.15) is 18.1 Å². The van der Waals surface area contributed by atoms with Gasteiger partial charge in [-0.2, -0.15) is 0 Å². The second-order valence-electron chi connectivity index (χ2n) is 5.38. The number of ether oxygens (including phenoxy) is 2. The van der Waals surface area contributed by atoms with Crippen LogP contribution in [-0.2, 0) is 13.0 Å². The molecule has 0 aromatic heterocycles. The Morgan fingerprint density at radius 1 is 1.23 bits per heavy atom. The lowest BCUT2D eigenvalue weighted by molar-refractivity contribution is 0.305. The summed E-state index contributed by atoms with van der Waals surface area (Å²) in [5, 5.41) is 0.764. The van der Waals surface area contributed by atoms with Crippen molar-refractivity contribution in [2.75, 3.05) is 25.2 Å². The van der Waals surface area contributed by atoms with E-state index < -0.39 is 0 Å². The summed E-state index contributed by atoms with van der Waals surface area (Å²) in [4.78, 5) is 2.32. The average Bonchev–Trinajstić information content (AvgIpc) is 2.56. The summed E-state index contributed by atoms with van der Waals surface area (Å²) in [5.74, 6) is 1.87.